The molecule has 21 heavy (non-hydrogen) atoms. The molecule has 1 aliphatic carbocycles. The van der Waals surface area contributed by atoms with E-state index in [1.165, 1.54) is 7.05 Å². The average Bonchev–Trinajstić information content (AvgIpc) is 2.78. The normalized spacial score (nSPS) is 16.8. The van der Waals surface area contributed by atoms with Gasteiger partial charge in [-0.25, -0.2) is 0 Å². The third-order valence-corrected chi connectivity index (χ3v) is 3.71. The van der Waals surface area contributed by atoms with Crippen LogP contribution in [0.3, 0.4) is 0 Å². The average molecular weight is 306 g/mol. The second-order valence-electron chi connectivity index (χ2n) is 5.31. The summed E-state index contributed by atoms with van der Waals surface area (Å²) in [7, 11) is 1.25. The molecule has 0 aromatic carbocycles. The van der Waals surface area contributed by atoms with Crippen LogP contribution in [0.1, 0.15) is 36.3 Å². The van der Waals surface area contributed by atoms with Crippen molar-refractivity contribution in [3.8, 4) is 0 Å². The molecular weight excluding hydrogens is 289 g/mol. The van der Waals surface area contributed by atoms with Crippen molar-refractivity contribution in [2.45, 2.75) is 50.9 Å². The molecule has 1 aromatic heterocycles. The molecule has 8 heteroatoms. The third kappa shape index (κ3) is 3.75. The lowest BCUT2D eigenvalue weighted by Gasteiger charge is -2.28. The zero-order chi connectivity index (χ0) is 15.6. The maximum Gasteiger partial charge on any atom is 0.404 e. The summed E-state index contributed by atoms with van der Waals surface area (Å²) in [5.74, 6) is -0.738. The van der Waals surface area contributed by atoms with Crippen LogP contribution in [0.5, 0.6) is 0 Å². The summed E-state index contributed by atoms with van der Waals surface area (Å²) in [6.07, 6.45) is -2.14. The minimum absolute atomic E-state index is 0.0731. The van der Waals surface area contributed by atoms with Gasteiger partial charge in [0.25, 0.3) is 0 Å². The molecule has 1 unspecified atom stereocenters. The lowest BCUT2D eigenvalue weighted by atomic mass is 9.96. The Morgan fingerprint density at radius 3 is 2.71 bits per heavy atom. The number of alkyl halides is 3. The van der Waals surface area contributed by atoms with Gasteiger partial charge in [-0.2, -0.15) is 13.2 Å². The van der Waals surface area contributed by atoms with E-state index in [1.54, 1.807) is 0 Å². The summed E-state index contributed by atoms with van der Waals surface area (Å²) >= 11 is 0. The molecule has 0 radical (unpaired) electrons. The Bertz CT molecular complexity index is 513. The monoisotopic (exact) mass is 306 g/mol. The van der Waals surface area contributed by atoms with Gasteiger partial charge in [-0.3, -0.25) is 9.69 Å². The standard InChI is InChI=1S/C13H17F3N2O3/c1-18(11(6-12(19)20)13(14,15)16)7-9-8-4-2-3-5-10(8)21-17-9/h11H,2-7H2,1H3,(H,19,20). The number of fused-ring (bicyclic) bond motifs is 1. The molecule has 2 rings (SSSR count). The van der Waals surface area contributed by atoms with Crippen LogP contribution in [-0.4, -0.2) is 40.4 Å². The Hall–Kier alpha value is -1.57. The molecule has 0 amide bonds. The Labute approximate surface area is 119 Å². The summed E-state index contributed by atoms with van der Waals surface area (Å²) in [5.41, 5.74) is 1.36. The number of hydrogen-bond acceptors (Lipinski definition) is 4. The number of carboxylic acid groups (broad SMARTS) is 1. The maximum absolute atomic E-state index is 12.9. The molecular formula is C13H17F3N2O3. The van der Waals surface area contributed by atoms with Crippen LogP contribution >= 0.6 is 0 Å². The molecule has 1 atom stereocenters. The molecule has 1 heterocycles. The first-order chi connectivity index (χ1) is 9.79. The minimum atomic E-state index is -4.60. The van der Waals surface area contributed by atoms with Crippen molar-refractivity contribution in [1.29, 1.82) is 0 Å². The number of aromatic nitrogens is 1. The number of rotatable bonds is 5. The molecule has 118 valence electrons. The van der Waals surface area contributed by atoms with E-state index in [-0.39, 0.29) is 6.54 Å². The first-order valence-electron chi connectivity index (χ1n) is 6.74. The highest BCUT2D eigenvalue weighted by molar-refractivity contribution is 5.67. The van der Waals surface area contributed by atoms with E-state index in [0.717, 1.165) is 41.9 Å². The highest BCUT2D eigenvalue weighted by atomic mass is 19.4. The third-order valence-electron chi connectivity index (χ3n) is 3.71. The number of carboxylic acids is 1. The first kappa shape index (κ1) is 15.8. The van der Waals surface area contributed by atoms with Crippen molar-refractivity contribution in [1.82, 2.24) is 10.1 Å². The van der Waals surface area contributed by atoms with E-state index in [9.17, 15) is 18.0 Å². The lowest BCUT2D eigenvalue weighted by molar-refractivity contribution is -0.189. The van der Waals surface area contributed by atoms with Gasteiger partial charge in [0.1, 0.15) is 17.5 Å². The largest absolute Gasteiger partial charge is 0.481 e. The maximum atomic E-state index is 12.9. The van der Waals surface area contributed by atoms with Crippen LogP contribution in [-0.2, 0) is 24.2 Å². The molecule has 0 spiro atoms. The summed E-state index contributed by atoms with van der Waals surface area (Å²) < 4.78 is 44.0. The highest BCUT2D eigenvalue weighted by Gasteiger charge is 2.44. The predicted molar refractivity (Wildman–Crippen MR) is 66.7 cm³/mol. The van der Waals surface area contributed by atoms with E-state index in [0.29, 0.717) is 5.69 Å². The van der Waals surface area contributed by atoms with E-state index < -0.39 is 24.6 Å². The van der Waals surface area contributed by atoms with E-state index in [4.69, 9.17) is 9.63 Å². The van der Waals surface area contributed by atoms with Gasteiger partial charge in [-0.05, 0) is 26.3 Å². The SMILES string of the molecule is CN(Cc1noc2c1CCCC2)C(CC(=O)O)C(F)(F)F. The Balaban J connectivity index is 2.13. The Morgan fingerprint density at radius 1 is 1.43 bits per heavy atom. The van der Waals surface area contributed by atoms with Crippen molar-refractivity contribution in [2.75, 3.05) is 7.05 Å². The number of hydrogen-bond donors (Lipinski definition) is 1. The second kappa shape index (κ2) is 6.05. The molecule has 0 saturated heterocycles. The van der Waals surface area contributed by atoms with Crippen LogP contribution in [0.4, 0.5) is 13.2 Å². The highest BCUT2D eigenvalue weighted by Crippen LogP contribution is 2.29. The summed E-state index contributed by atoms with van der Waals surface area (Å²) in [4.78, 5) is 11.6. The molecule has 0 fully saturated rings. The van der Waals surface area contributed by atoms with Gasteiger partial charge in [0.05, 0.1) is 6.42 Å². The lowest BCUT2D eigenvalue weighted by Crippen LogP contribution is -2.44. The molecule has 0 aliphatic heterocycles. The van der Waals surface area contributed by atoms with E-state index in [1.807, 2.05) is 0 Å². The molecule has 0 bridgehead atoms. The molecule has 1 aliphatic rings. The molecule has 5 nitrogen and oxygen atoms in total. The summed E-state index contributed by atoms with van der Waals surface area (Å²) in [6, 6.07) is -2.04. The quantitative estimate of drug-likeness (QED) is 0.905. The van der Waals surface area contributed by atoms with E-state index >= 15 is 0 Å². The van der Waals surface area contributed by atoms with Gasteiger partial charge < -0.3 is 9.63 Å². The van der Waals surface area contributed by atoms with Crippen LogP contribution in [0, 0.1) is 0 Å². The number of halogens is 3. The minimum Gasteiger partial charge on any atom is -0.481 e. The van der Waals surface area contributed by atoms with Crippen LogP contribution in [0.25, 0.3) is 0 Å². The van der Waals surface area contributed by atoms with Crippen molar-refractivity contribution in [3.05, 3.63) is 17.0 Å². The van der Waals surface area contributed by atoms with Crippen LogP contribution in [0.2, 0.25) is 0 Å². The number of aryl methyl sites for hydroxylation is 1. The molecule has 0 saturated carbocycles. The van der Waals surface area contributed by atoms with Gasteiger partial charge in [0.15, 0.2) is 0 Å². The summed E-state index contributed by atoms with van der Waals surface area (Å²) in [5, 5.41) is 12.5. The van der Waals surface area contributed by atoms with Crippen LogP contribution in [0.15, 0.2) is 4.52 Å². The van der Waals surface area contributed by atoms with Crippen molar-refractivity contribution in [2.24, 2.45) is 0 Å². The fraction of sp³-hybridized carbons (Fsp3) is 0.692. The molecule has 1 aromatic rings. The van der Waals surface area contributed by atoms with Crippen molar-refractivity contribution < 1.29 is 27.6 Å². The van der Waals surface area contributed by atoms with Crippen molar-refractivity contribution in [3.63, 3.8) is 0 Å². The fourth-order valence-corrected chi connectivity index (χ4v) is 2.61. The number of carbonyl (C=O) groups is 1. The predicted octanol–water partition coefficient (Wildman–Crippen LogP) is 2.39. The Morgan fingerprint density at radius 2 is 2.10 bits per heavy atom. The Kier molecular flexibility index (Phi) is 4.55. The van der Waals surface area contributed by atoms with Crippen LogP contribution < -0.4 is 0 Å². The topological polar surface area (TPSA) is 66.6 Å². The fourth-order valence-electron chi connectivity index (χ4n) is 2.61. The number of aliphatic carboxylic acids is 1. The zero-order valence-electron chi connectivity index (χ0n) is 11.6. The van der Waals surface area contributed by atoms with Gasteiger partial charge >= 0.3 is 12.1 Å². The van der Waals surface area contributed by atoms with Gasteiger partial charge in [0, 0.05) is 18.5 Å². The number of nitrogens with zero attached hydrogens (tertiary/aromatic N) is 2. The van der Waals surface area contributed by atoms with Gasteiger partial charge in [-0.15, -0.1) is 0 Å². The van der Waals surface area contributed by atoms with E-state index in [2.05, 4.69) is 5.16 Å². The summed E-state index contributed by atoms with van der Waals surface area (Å²) in [6.45, 7) is -0.0731. The smallest absolute Gasteiger partial charge is 0.404 e. The van der Waals surface area contributed by atoms with Gasteiger partial charge in [-0.1, -0.05) is 5.16 Å². The van der Waals surface area contributed by atoms with Crippen molar-refractivity contribution >= 4 is 5.97 Å². The van der Waals surface area contributed by atoms with Gasteiger partial charge in [0.2, 0.25) is 0 Å². The second-order valence-corrected chi connectivity index (χ2v) is 5.31. The first-order valence-corrected chi connectivity index (χ1v) is 6.74. The molecule has 1 N–H and O–H groups in total. The zero-order valence-corrected chi connectivity index (χ0v) is 11.6.